The lowest BCUT2D eigenvalue weighted by molar-refractivity contribution is 0.0903. The van der Waals surface area contributed by atoms with Crippen molar-refractivity contribution in [3.05, 3.63) is 42.0 Å². The summed E-state index contributed by atoms with van der Waals surface area (Å²) >= 11 is 0. The van der Waals surface area contributed by atoms with Crippen molar-refractivity contribution in [1.82, 2.24) is 19.7 Å². The highest BCUT2D eigenvalue weighted by Gasteiger charge is 2.30. The van der Waals surface area contributed by atoms with Crippen LogP contribution in [0.3, 0.4) is 0 Å². The average Bonchev–Trinajstić information content (AvgIpc) is 3.26. The van der Waals surface area contributed by atoms with Crippen molar-refractivity contribution in [2.45, 2.75) is 45.9 Å². The molecule has 1 saturated heterocycles. The van der Waals surface area contributed by atoms with Gasteiger partial charge in [-0.2, -0.15) is 5.10 Å². The van der Waals surface area contributed by atoms with Gasteiger partial charge < -0.3 is 14.6 Å². The van der Waals surface area contributed by atoms with Gasteiger partial charge in [-0.25, -0.2) is 0 Å². The number of rotatable bonds is 8. The number of ether oxygens (including phenoxy) is 1. The molecule has 0 bridgehead atoms. The van der Waals surface area contributed by atoms with Crippen molar-refractivity contribution >= 4 is 0 Å². The van der Waals surface area contributed by atoms with Crippen molar-refractivity contribution in [2.75, 3.05) is 13.2 Å². The van der Waals surface area contributed by atoms with Gasteiger partial charge in [-0.1, -0.05) is 13.8 Å². The molecular formula is C19H30N4O. The highest BCUT2D eigenvalue weighted by Crippen LogP contribution is 2.33. The number of aromatic nitrogens is 3. The Kier molecular flexibility index (Phi) is 5.74. The molecule has 5 heteroatoms. The van der Waals surface area contributed by atoms with E-state index in [1.54, 1.807) is 0 Å². The summed E-state index contributed by atoms with van der Waals surface area (Å²) in [6.45, 7) is 8.40. The molecule has 0 radical (unpaired) electrons. The number of nitrogens with one attached hydrogen (secondary N) is 1. The van der Waals surface area contributed by atoms with Gasteiger partial charge in [0.15, 0.2) is 0 Å². The van der Waals surface area contributed by atoms with E-state index in [2.05, 4.69) is 53.4 Å². The average molecular weight is 330 g/mol. The lowest BCUT2D eigenvalue weighted by atomic mass is 9.97. The Hall–Kier alpha value is -1.59. The topological polar surface area (TPSA) is 44.0 Å². The van der Waals surface area contributed by atoms with Crippen LogP contribution in [0.2, 0.25) is 0 Å². The van der Waals surface area contributed by atoms with E-state index in [9.17, 15) is 0 Å². The fourth-order valence-corrected chi connectivity index (χ4v) is 3.41. The quantitative estimate of drug-likeness (QED) is 0.809. The van der Waals surface area contributed by atoms with Crippen LogP contribution in [0.15, 0.2) is 30.7 Å². The van der Waals surface area contributed by atoms with Crippen LogP contribution < -0.4 is 5.32 Å². The second-order valence-electron chi connectivity index (χ2n) is 7.29. The lowest BCUT2D eigenvalue weighted by Gasteiger charge is -2.18. The van der Waals surface area contributed by atoms with Crippen molar-refractivity contribution in [1.29, 1.82) is 0 Å². The number of hydrogen-bond acceptors (Lipinski definition) is 3. The first-order valence-electron chi connectivity index (χ1n) is 9.08. The Morgan fingerprint density at radius 2 is 2.29 bits per heavy atom. The van der Waals surface area contributed by atoms with E-state index in [0.29, 0.717) is 5.92 Å². The van der Waals surface area contributed by atoms with Crippen LogP contribution in [0.1, 0.15) is 44.1 Å². The van der Waals surface area contributed by atoms with Crippen molar-refractivity contribution in [3.63, 3.8) is 0 Å². The van der Waals surface area contributed by atoms with E-state index in [0.717, 1.165) is 38.6 Å². The van der Waals surface area contributed by atoms with Gasteiger partial charge in [-0.3, -0.25) is 4.68 Å². The van der Waals surface area contributed by atoms with Crippen LogP contribution in [0.4, 0.5) is 0 Å². The predicted octanol–water partition coefficient (Wildman–Crippen LogP) is 3.14. The molecule has 1 N–H and O–H groups in total. The molecule has 3 heterocycles. The van der Waals surface area contributed by atoms with E-state index < -0.39 is 0 Å². The first-order valence-corrected chi connectivity index (χ1v) is 9.08. The van der Waals surface area contributed by atoms with E-state index in [1.807, 2.05) is 17.9 Å². The smallest absolute Gasteiger partial charge is 0.0896 e. The first kappa shape index (κ1) is 17.2. The predicted molar refractivity (Wildman–Crippen MR) is 95.6 cm³/mol. The molecule has 0 unspecified atom stereocenters. The van der Waals surface area contributed by atoms with Gasteiger partial charge in [0.2, 0.25) is 0 Å². The zero-order chi connectivity index (χ0) is 16.9. The zero-order valence-corrected chi connectivity index (χ0v) is 15.1. The van der Waals surface area contributed by atoms with Gasteiger partial charge in [0, 0.05) is 62.9 Å². The second-order valence-corrected chi connectivity index (χ2v) is 7.29. The maximum Gasteiger partial charge on any atom is 0.0896 e. The van der Waals surface area contributed by atoms with E-state index in [1.165, 1.54) is 17.7 Å². The summed E-state index contributed by atoms with van der Waals surface area (Å²) in [5.74, 6) is 1.26. The molecule has 0 saturated carbocycles. The van der Waals surface area contributed by atoms with Crippen LogP contribution in [0, 0.1) is 11.8 Å². The second kappa shape index (κ2) is 7.99. The van der Waals surface area contributed by atoms with Crippen molar-refractivity contribution in [2.24, 2.45) is 18.9 Å². The molecular weight excluding hydrogens is 300 g/mol. The van der Waals surface area contributed by atoms with Crippen LogP contribution >= 0.6 is 0 Å². The Labute approximate surface area is 145 Å². The molecule has 1 aliphatic rings. The molecule has 3 rings (SSSR count). The summed E-state index contributed by atoms with van der Waals surface area (Å²) in [5.41, 5.74) is 2.56. The van der Waals surface area contributed by atoms with E-state index >= 15 is 0 Å². The SMILES string of the molecule is CC(C)CCn1cccc1CNC[C@H]1CCO[C@@H]1c1cnn(C)c1. The number of aryl methyl sites for hydroxylation is 2. The van der Waals surface area contributed by atoms with E-state index in [4.69, 9.17) is 4.74 Å². The zero-order valence-electron chi connectivity index (χ0n) is 15.1. The molecule has 1 aliphatic heterocycles. The largest absolute Gasteiger partial charge is 0.373 e. The monoisotopic (exact) mass is 330 g/mol. The van der Waals surface area contributed by atoms with Crippen molar-refractivity contribution < 1.29 is 4.74 Å². The molecule has 0 aromatic carbocycles. The van der Waals surface area contributed by atoms with Crippen LogP contribution in [-0.2, 0) is 24.9 Å². The molecule has 5 nitrogen and oxygen atoms in total. The molecule has 0 aliphatic carbocycles. The van der Waals surface area contributed by atoms with Crippen molar-refractivity contribution in [3.8, 4) is 0 Å². The van der Waals surface area contributed by atoms with Crippen LogP contribution in [0.25, 0.3) is 0 Å². The van der Waals surface area contributed by atoms with Gasteiger partial charge in [0.25, 0.3) is 0 Å². The minimum absolute atomic E-state index is 0.180. The fraction of sp³-hybridized carbons (Fsp3) is 0.632. The minimum atomic E-state index is 0.180. The third-order valence-electron chi connectivity index (χ3n) is 4.85. The van der Waals surface area contributed by atoms with Crippen LogP contribution in [-0.4, -0.2) is 27.5 Å². The lowest BCUT2D eigenvalue weighted by Crippen LogP contribution is -2.25. The molecule has 0 amide bonds. The number of nitrogens with zero attached hydrogens (tertiary/aromatic N) is 3. The summed E-state index contributed by atoms with van der Waals surface area (Å²) in [6, 6.07) is 4.37. The normalized spacial score (nSPS) is 21.0. The third kappa shape index (κ3) is 4.28. The van der Waals surface area contributed by atoms with Gasteiger partial charge in [-0.15, -0.1) is 0 Å². The maximum absolute atomic E-state index is 5.94. The summed E-state index contributed by atoms with van der Waals surface area (Å²) < 4.78 is 10.2. The molecule has 0 spiro atoms. The molecule has 2 aromatic heterocycles. The first-order chi connectivity index (χ1) is 11.6. The Morgan fingerprint density at radius 3 is 3.04 bits per heavy atom. The standard InChI is InChI=1S/C19H30N4O/c1-15(2)6-9-23-8-4-5-18(23)13-20-11-16-7-10-24-19(16)17-12-21-22(3)14-17/h4-5,8,12,14-16,19-20H,6-7,9-11,13H2,1-3H3/t16-,19+/m1/s1. The highest BCUT2D eigenvalue weighted by molar-refractivity contribution is 5.11. The summed E-state index contributed by atoms with van der Waals surface area (Å²) in [7, 11) is 1.96. The van der Waals surface area contributed by atoms with Crippen LogP contribution in [0.5, 0.6) is 0 Å². The summed E-state index contributed by atoms with van der Waals surface area (Å²) in [5, 5.41) is 7.91. The van der Waals surface area contributed by atoms with E-state index in [-0.39, 0.29) is 6.10 Å². The molecule has 1 fully saturated rings. The minimum Gasteiger partial charge on any atom is -0.373 e. The van der Waals surface area contributed by atoms with Gasteiger partial charge >= 0.3 is 0 Å². The Morgan fingerprint density at radius 1 is 1.42 bits per heavy atom. The van der Waals surface area contributed by atoms with Gasteiger partial charge in [0.05, 0.1) is 12.3 Å². The number of hydrogen-bond donors (Lipinski definition) is 1. The third-order valence-corrected chi connectivity index (χ3v) is 4.85. The molecule has 2 atom stereocenters. The Bertz CT molecular complexity index is 631. The molecule has 2 aromatic rings. The maximum atomic E-state index is 5.94. The van der Waals surface area contributed by atoms with Gasteiger partial charge in [0.1, 0.15) is 0 Å². The van der Waals surface area contributed by atoms with Gasteiger partial charge in [-0.05, 0) is 30.9 Å². The molecule has 132 valence electrons. The Balaban J connectivity index is 1.50. The highest BCUT2D eigenvalue weighted by atomic mass is 16.5. The molecule has 24 heavy (non-hydrogen) atoms. The summed E-state index contributed by atoms with van der Waals surface area (Å²) in [6.07, 6.45) is 8.71. The summed E-state index contributed by atoms with van der Waals surface area (Å²) in [4.78, 5) is 0. The fourth-order valence-electron chi connectivity index (χ4n) is 3.41.